The number of benzene rings is 1. The minimum absolute atomic E-state index is 0.0865. The summed E-state index contributed by atoms with van der Waals surface area (Å²) < 4.78 is 11.2. The zero-order valence-electron chi connectivity index (χ0n) is 22.9. The summed E-state index contributed by atoms with van der Waals surface area (Å²) in [4.78, 5) is 42.9. The third kappa shape index (κ3) is 8.04. The van der Waals surface area contributed by atoms with E-state index in [9.17, 15) is 14.4 Å². The molecule has 2 aromatic rings. The summed E-state index contributed by atoms with van der Waals surface area (Å²) in [7, 11) is 3.94. The molecule has 1 aromatic heterocycles. The highest BCUT2D eigenvalue weighted by Crippen LogP contribution is 2.34. The minimum atomic E-state index is -1.07. The summed E-state index contributed by atoms with van der Waals surface area (Å²) in [6, 6.07) is 6.26. The van der Waals surface area contributed by atoms with Crippen molar-refractivity contribution in [3.05, 3.63) is 35.7 Å². The van der Waals surface area contributed by atoms with Gasteiger partial charge in [-0.25, -0.2) is 4.79 Å². The largest absolute Gasteiger partial charge is 0.414 e. The zero-order valence-corrected chi connectivity index (χ0v) is 23.8. The summed E-state index contributed by atoms with van der Waals surface area (Å²) in [6.07, 6.45) is 3.94. The quantitative estimate of drug-likeness (QED) is 0.168. The van der Waals surface area contributed by atoms with E-state index in [0.717, 1.165) is 37.1 Å². The van der Waals surface area contributed by atoms with Crippen molar-refractivity contribution < 1.29 is 23.5 Å². The number of hydrogen-bond acceptors (Lipinski definition) is 9. The molecule has 1 aliphatic rings. The van der Waals surface area contributed by atoms with Crippen LogP contribution in [0.25, 0.3) is 0 Å². The van der Waals surface area contributed by atoms with E-state index in [4.69, 9.17) is 9.15 Å². The smallest absolute Gasteiger partial charge is 0.410 e. The number of Topliss-reactive ketones (excluding diaryl/α,β-unsaturated/α-hetero) is 1. The molecule has 0 spiro atoms. The second-order valence-electron chi connectivity index (χ2n) is 10.5. The van der Waals surface area contributed by atoms with Gasteiger partial charge in [-0.2, -0.15) is 0 Å². The monoisotopic (exact) mass is 545 g/mol. The van der Waals surface area contributed by atoms with Crippen molar-refractivity contribution in [3.8, 4) is 5.75 Å². The van der Waals surface area contributed by atoms with E-state index < -0.39 is 23.6 Å². The molecule has 1 saturated carbocycles. The number of carbonyl (C=O) groups excluding carboxylic acids is 3. The lowest BCUT2D eigenvalue weighted by molar-refractivity contribution is -0.129. The van der Waals surface area contributed by atoms with Crippen molar-refractivity contribution in [2.45, 2.75) is 76.2 Å². The molecule has 0 radical (unpaired) electrons. The number of rotatable bonds is 13. The lowest BCUT2D eigenvalue weighted by Crippen LogP contribution is -2.65. The van der Waals surface area contributed by atoms with Crippen LogP contribution in [0.5, 0.6) is 5.75 Å². The molecule has 1 N–H and O–H groups in total. The maximum atomic E-state index is 13.7. The average molecular weight is 546 g/mol. The zero-order chi connectivity index (χ0) is 27.7. The normalized spacial score (nSPS) is 15.8. The van der Waals surface area contributed by atoms with Crippen molar-refractivity contribution in [2.24, 2.45) is 5.92 Å². The Kier molecular flexibility index (Phi) is 10.7. The van der Waals surface area contributed by atoms with E-state index in [0.29, 0.717) is 36.6 Å². The molecule has 1 fully saturated rings. The Morgan fingerprint density at radius 1 is 1.16 bits per heavy atom. The van der Waals surface area contributed by atoms with Gasteiger partial charge in [-0.3, -0.25) is 14.9 Å². The summed E-state index contributed by atoms with van der Waals surface area (Å²) >= 11 is 1.37. The van der Waals surface area contributed by atoms with Crippen LogP contribution in [0.15, 0.2) is 33.9 Å². The van der Waals surface area contributed by atoms with Gasteiger partial charge >= 0.3 is 6.09 Å². The number of thioether (sulfide) groups is 1. The second kappa shape index (κ2) is 13.7. The summed E-state index contributed by atoms with van der Waals surface area (Å²) in [5.74, 6) is 0.647. The van der Waals surface area contributed by atoms with Crippen molar-refractivity contribution in [1.29, 1.82) is 0 Å². The molecule has 38 heavy (non-hydrogen) atoms. The SMILES string of the molecule is Cc1ccc(OC(=O)NC2(N(C=O)C(CC(C)C)C(=O)c3nnc(SCCN(C)C)o3)CCCCC2)cc1. The molecule has 1 heterocycles. The van der Waals surface area contributed by atoms with Crippen LogP contribution < -0.4 is 10.1 Å². The highest BCUT2D eigenvalue weighted by Gasteiger charge is 2.46. The van der Waals surface area contributed by atoms with Crippen LogP contribution in [0.4, 0.5) is 4.79 Å². The number of nitrogens with zero attached hydrogens (tertiary/aromatic N) is 4. The predicted octanol–water partition coefficient (Wildman–Crippen LogP) is 4.54. The third-order valence-electron chi connectivity index (χ3n) is 6.57. The molecule has 1 atom stereocenters. The molecule has 1 aromatic carbocycles. The summed E-state index contributed by atoms with van der Waals surface area (Å²) in [6.45, 7) is 6.72. The number of ether oxygens (including phenoxy) is 1. The second-order valence-corrected chi connectivity index (χ2v) is 11.5. The lowest BCUT2D eigenvalue weighted by atomic mass is 9.85. The predicted molar refractivity (Wildman–Crippen MR) is 145 cm³/mol. The van der Waals surface area contributed by atoms with Gasteiger partial charge in [-0.05, 0) is 71.2 Å². The number of carbonyl (C=O) groups is 3. The van der Waals surface area contributed by atoms with Gasteiger partial charge in [-0.1, -0.05) is 49.7 Å². The maximum absolute atomic E-state index is 13.7. The van der Waals surface area contributed by atoms with Crippen LogP contribution in [-0.2, 0) is 4.79 Å². The Labute approximate surface area is 228 Å². The summed E-state index contributed by atoms with van der Waals surface area (Å²) in [5, 5.41) is 11.3. The van der Waals surface area contributed by atoms with Crippen LogP contribution in [0.1, 0.15) is 68.6 Å². The number of aromatic nitrogens is 2. The van der Waals surface area contributed by atoms with E-state index in [1.807, 2.05) is 51.9 Å². The minimum Gasteiger partial charge on any atom is -0.410 e. The molecule has 3 rings (SSSR count). The molecule has 10 nitrogen and oxygen atoms in total. The van der Waals surface area contributed by atoms with E-state index in [1.54, 1.807) is 12.1 Å². The Bertz CT molecular complexity index is 1070. The van der Waals surface area contributed by atoms with Crippen LogP contribution >= 0.6 is 11.8 Å². The van der Waals surface area contributed by atoms with E-state index >= 15 is 0 Å². The number of amides is 2. The topological polar surface area (TPSA) is 118 Å². The average Bonchev–Trinajstić information content (AvgIpc) is 3.34. The van der Waals surface area contributed by atoms with Gasteiger partial charge in [0.1, 0.15) is 17.5 Å². The first kappa shape index (κ1) is 29.6. The molecule has 11 heteroatoms. The van der Waals surface area contributed by atoms with Crippen LogP contribution in [0.2, 0.25) is 0 Å². The van der Waals surface area contributed by atoms with Gasteiger partial charge in [0, 0.05) is 12.3 Å². The molecular weight excluding hydrogens is 506 g/mol. The van der Waals surface area contributed by atoms with Gasteiger partial charge in [0.15, 0.2) is 0 Å². The van der Waals surface area contributed by atoms with Crippen molar-refractivity contribution >= 4 is 30.0 Å². The van der Waals surface area contributed by atoms with Crippen molar-refractivity contribution in [2.75, 3.05) is 26.4 Å². The highest BCUT2D eigenvalue weighted by molar-refractivity contribution is 7.99. The fraction of sp³-hybridized carbons (Fsp3) is 0.593. The van der Waals surface area contributed by atoms with Gasteiger partial charge in [-0.15, -0.1) is 10.2 Å². The van der Waals surface area contributed by atoms with E-state index in [1.165, 1.54) is 16.7 Å². The van der Waals surface area contributed by atoms with Gasteiger partial charge in [0.05, 0.1) is 0 Å². The number of aryl methyl sites for hydroxylation is 1. The first-order chi connectivity index (χ1) is 18.1. The molecule has 2 amide bonds. The van der Waals surface area contributed by atoms with Gasteiger partial charge in [0.2, 0.25) is 12.2 Å². The third-order valence-corrected chi connectivity index (χ3v) is 7.37. The van der Waals surface area contributed by atoms with Crippen molar-refractivity contribution in [1.82, 2.24) is 25.3 Å². The Hall–Kier alpha value is -2.92. The molecule has 0 aliphatic heterocycles. The van der Waals surface area contributed by atoms with Crippen molar-refractivity contribution in [3.63, 3.8) is 0 Å². The van der Waals surface area contributed by atoms with Gasteiger partial charge in [0.25, 0.3) is 11.1 Å². The Morgan fingerprint density at radius 3 is 2.45 bits per heavy atom. The Morgan fingerprint density at radius 2 is 1.84 bits per heavy atom. The molecule has 1 aliphatic carbocycles. The fourth-order valence-corrected chi connectivity index (χ4v) is 5.47. The number of hydrogen-bond donors (Lipinski definition) is 1. The van der Waals surface area contributed by atoms with Crippen LogP contribution in [-0.4, -0.2) is 76.4 Å². The number of ketones is 1. The first-order valence-electron chi connectivity index (χ1n) is 13.1. The number of nitrogens with one attached hydrogen (secondary N) is 1. The maximum Gasteiger partial charge on any atom is 0.414 e. The molecule has 0 saturated heterocycles. The van der Waals surface area contributed by atoms with Crippen LogP contribution in [0.3, 0.4) is 0 Å². The molecule has 208 valence electrons. The van der Waals surface area contributed by atoms with Gasteiger partial charge < -0.3 is 19.0 Å². The first-order valence-corrected chi connectivity index (χ1v) is 14.1. The molecule has 1 unspecified atom stereocenters. The van der Waals surface area contributed by atoms with Crippen LogP contribution in [0, 0.1) is 12.8 Å². The standard InChI is InChI=1S/C27H39N5O5S/c1-19(2)17-22(23(34)24-29-30-26(37-24)38-16-15-31(4)5)32(18-33)27(13-7-6-8-14-27)28-25(35)36-21-11-9-20(3)10-12-21/h9-12,18-19,22H,6-8,13-17H2,1-5H3,(H,28,35). The molecular formula is C27H39N5O5S. The molecule has 0 bridgehead atoms. The lowest BCUT2D eigenvalue weighted by Gasteiger charge is -2.47. The summed E-state index contributed by atoms with van der Waals surface area (Å²) in [5.41, 5.74) is -0.0238. The Balaban J connectivity index is 1.84. The van der Waals surface area contributed by atoms with E-state index in [2.05, 4.69) is 15.5 Å². The fourth-order valence-electron chi connectivity index (χ4n) is 4.61. The highest BCUT2D eigenvalue weighted by atomic mass is 32.2. The van der Waals surface area contributed by atoms with E-state index in [-0.39, 0.29) is 11.8 Å².